The molecule has 20 heavy (non-hydrogen) atoms. The van der Waals surface area contributed by atoms with Crippen LogP contribution >= 0.6 is 11.6 Å². The molecule has 1 aliphatic heterocycles. The van der Waals surface area contributed by atoms with Gasteiger partial charge in [0.2, 0.25) is 0 Å². The molecule has 2 atom stereocenters. The van der Waals surface area contributed by atoms with E-state index in [-0.39, 0.29) is 22.1 Å². The average Bonchev–Trinajstić information content (AvgIpc) is 2.40. The highest BCUT2D eigenvalue weighted by atomic mass is 35.5. The van der Waals surface area contributed by atoms with E-state index in [1.165, 1.54) is 12.1 Å². The number of alkyl halides is 1. The molecular weight excluding hydrogens is 298 g/mol. The number of hydrogen-bond donors (Lipinski definition) is 0. The van der Waals surface area contributed by atoms with Gasteiger partial charge in [0, 0.05) is 30.3 Å². The molecule has 4 nitrogen and oxygen atoms in total. The first-order valence-electron chi connectivity index (χ1n) is 6.52. The summed E-state index contributed by atoms with van der Waals surface area (Å²) < 4.78 is 23.1. The summed E-state index contributed by atoms with van der Waals surface area (Å²) in [7, 11) is -3.30. The smallest absolute Gasteiger partial charge is 0.253 e. The SMILES string of the molecule is CC1CN(C(=O)c2cccc(S(C)(=O)=O)c2)CCC1Cl. The Kier molecular flexibility index (Phi) is 4.39. The van der Waals surface area contributed by atoms with Gasteiger partial charge in [-0.05, 0) is 30.5 Å². The standard InChI is InChI=1S/C14H18ClNO3S/c1-10-9-16(7-6-13(10)15)14(17)11-4-3-5-12(8-11)20(2,18)19/h3-5,8,10,13H,6-7,9H2,1-2H3. The van der Waals surface area contributed by atoms with Gasteiger partial charge in [-0.3, -0.25) is 4.79 Å². The minimum Gasteiger partial charge on any atom is -0.338 e. The van der Waals surface area contributed by atoms with E-state index in [9.17, 15) is 13.2 Å². The number of carbonyl (C=O) groups is 1. The highest BCUT2D eigenvalue weighted by Crippen LogP contribution is 2.23. The molecule has 0 aromatic heterocycles. The van der Waals surface area contributed by atoms with Crippen LogP contribution in [0.5, 0.6) is 0 Å². The lowest BCUT2D eigenvalue weighted by Gasteiger charge is -2.34. The molecule has 1 saturated heterocycles. The van der Waals surface area contributed by atoms with E-state index in [1.54, 1.807) is 17.0 Å². The predicted molar refractivity (Wildman–Crippen MR) is 78.9 cm³/mol. The van der Waals surface area contributed by atoms with E-state index in [0.717, 1.165) is 12.7 Å². The maximum atomic E-state index is 12.4. The normalized spacial score (nSPS) is 23.6. The molecule has 0 saturated carbocycles. The third kappa shape index (κ3) is 3.33. The first-order chi connectivity index (χ1) is 9.29. The second-order valence-corrected chi connectivity index (χ2v) is 7.91. The molecule has 1 aromatic rings. The van der Waals surface area contributed by atoms with Crippen molar-refractivity contribution in [2.24, 2.45) is 5.92 Å². The maximum Gasteiger partial charge on any atom is 0.253 e. The second-order valence-electron chi connectivity index (χ2n) is 5.33. The van der Waals surface area contributed by atoms with Crippen LogP contribution in [0.4, 0.5) is 0 Å². The van der Waals surface area contributed by atoms with Crippen LogP contribution in [0.1, 0.15) is 23.7 Å². The van der Waals surface area contributed by atoms with Crippen molar-refractivity contribution >= 4 is 27.3 Å². The monoisotopic (exact) mass is 315 g/mol. The number of piperidine rings is 1. The molecule has 2 rings (SSSR count). The molecule has 110 valence electrons. The zero-order valence-electron chi connectivity index (χ0n) is 11.5. The first-order valence-corrected chi connectivity index (χ1v) is 8.85. The quantitative estimate of drug-likeness (QED) is 0.786. The number of halogens is 1. The summed E-state index contributed by atoms with van der Waals surface area (Å²) in [5, 5.41) is 0.0985. The van der Waals surface area contributed by atoms with Gasteiger partial charge in [0.1, 0.15) is 0 Å². The molecule has 1 aliphatic rings. The lowest BCUT2D eigenvalue weighted by Crippen LogP contribution is -2.43. The van der Waals surface area contributed by atoms with E-state index in [2.05, 4.69) is 0 Å². The number of sulfone groups is 1. The number of nitrogens with zero attached hydrogens (tertiary/aromatic N) is 1. The van der Waals surface area contributed by atoms with Gasteiger partial charge in [-0.15, -0.1) is 11.6 Å². The molecule has 2 unspecified atom stereocenters. The van der Waals surface area contributed by atoms with Crippen LogP contribution in [0, 0.1) is 5.92 Å². The molecule has 0 aliphatic carbocycles. The maximum absolute atomic E-state index is 12.4. The zero-order chi connectivity index (χ0) is 14.9. The Morgan fingerprint density at radius 2 is 2.10 bits per heavy atom. The molecule has 1 aromatic carbocycles. The third-order valence-electron chi connectivity index (χ3n) is 3.60. The molecule has 0 radical (unpaired) electrons. The van der Waals surface area contributed by atoms with Crippen LogP contribution in [-0.2, 0) is 9.84 Å². The van der Waals surface area contributed by atoms with Gasteiger partial charge in [-0.2, -0.15) is 0 Å². The fourth-order valence-electron chi connectivity index (χ4n) is 2.34. The largest absolute Gasteiger partial charge is 0.338 e. The number of carbonyl (C=O) groups excluding carboxylic acids is 1. The van der Waals surface area contributed by atoms with Gasteiger partial charge in [-0.25, -0.2) is 8.42 Å². The van der Waals surface area contributed by atoms with Crippen molar-refractivity contribution in [2.75, 3.05) is 19.3 Å². The third-order valence-corrected chi connectivity index (χ3v) is 5.36. The highest BCUT2D eigenvalue weighted by Gasteiger charge is 2.28. The molecule has 1 amide bonds. The molecule has 0 N–H and O–H groups in total. The van der Waals surface area contributed by atoms with Gasteiger partial charge in [-0.1, -0.05) is 13.0 Å². The number of benzene rings is 1. The van der Waals surface area contributed by atoms with Crippen LogP contribution in [0.2, 0.25) is 0 Å². The van der Waals surface area contributed by atoms with Gasteiger partial charge in [0.25, 0.3) is 5.91 Å². The summed E-state index contributed by atoms with van der Waals surface area (Å²) in [6, 6.07) is 6.19. The molecular formula is C14H18ClNO3S. The van der Waals surface area contributed by atoms with Gasteiger partial charge in [0.05, 0.1) is 4.90 Å². The van der Waals surface area contributed by atoms with Crippen LogP contribution in [-0.4, -0.2) is 43.9 Å². The summed E-state index contributed by atoms with van der Waals surface area (Å²) >= 11 is 6.15. The van der Waals surface area contributed by atoms with Crippen LogP contribution in [0.15, 0.2) is 29.2 Å². The zero-order valence-corrected chi connectivity index (χ0v) is 13.1. The van der Waals surface area contributed by atoms with E-state index < -0.39 is 9.84 Å². The number of amides is 1. The molecule has 1 fully saturated rings. The van der Waals surface area contributed by atoms with Crippen molar-refractivity contribution in [3.63, 3.8) is 0 Å². The van der Waals surface area contributed by atoms with E-state index >= 15 is 0 Å². The van der Waals surface area contributed by atoms with Crippen molar-refractivity contribution in [1.82, 2.24) is 4.90 Å². The lowest BCUT2D eigenvalue weighted by atomic mass is 9.99. The fraction of sp³-hybridized carbons (Fsp3) is 0.500. The molecule has 6 heteroatoms. The Balaban J connectivity index is 2.22. The van der Waals surface area contributed by atoms with E-state index in [0.29, 0.717) is 18.7 Å². The van der Waals surface area contributed by atoms with Crippen molar-refractivity contribution in [3.8, 4) is 0 Å². The lowest BCUT2D eigenvalue weighted by molar-refractivity contribution is 0.0686. The summed E-state index contributed by atoms with van der Waals surface area (Å²) in [5.74, 6) is 0.110. The second kappa shape index (κ2) is 5.74. The Morgan fingerprint density at radius 3 is 2.70 bits per heavy atom. The number of rotatable bonds is 2. The van der Waals surface area contributed by atoms with Crippen LogP contribution in [0.3, 0.4) is 0 Å². The summed E-state index contributed by atoms with van der Waals surface area (Å²) in [5.41, 5.74) is 0.410. The van der Waals surface area contributed by atoms with Crippen molar-refractivity contribution < 1.29 is 13.2 Å². The summed E-state index contributed by atoms with van der Waals surface area (Å²) in [6.07, 6.45) is 1.90. The van der Waals surface area contributed by atoms with Crippen molar-refractivity contribution in [3.05, 3.63) is 29.8 Å². The van der Waals surface area contributed by atoms with Crippen molar-refractivity contribution in [2.45, 2.75) is 23.6 Å². The average molecular weight is 316 g/mol. The summed E-state index contributed by atoms with van der Waals surface area (Å²) in [4.78, 5) is 14.3. The molecule has 1 heterocycles. The highest BCUT2D eigenvalue weighted by molar-refractivity contribution is 7.90. The van der Waals surface area contributed by atoms with Gasteiger partial charge >= 0.3 is 0 Å². The van der Waals surface area contributed by atoms with Crippen molar-refractivity contribution in [1.29, 1.82) is 0 Å². The summed E-state index contributed by atoms with van der Waals surface area (Å²) in [6.45, 7) is 3.24. The van der Waals surface area contributed by atoms with E-state index in [4.69, 9.17) is 11.6 Å². The molecule has 0 spiro atoms. The number of hydrogen-bond acceptors (Lipinski definition) is 3. The predicted octanol–water partition coefficient (Wildman–Crippen LogP) is 2.18. The van der Waals surface area contributed by atoms with Crippen LogP contribution in [0.25, 0.3) is 0 Å². The Bertz CT molecular complexity index is 615. The minimum absolute atomic E-state index is 0.0985. The fourth-order valence-corrected chi connectivity index (χ4v) is 3.19. The topological polar surface area (TPSA) is 54.5 Å². The Labute approximate surface area is 124 Å². The first kappa shape index (κ1) is 15.3. The van der Waals surface area contributed by atoms with E-state index in [1.807, 2.05) is 6.92 Å². The minimum atomic E-state index is -3.30. The Morgan fingerprint density at radius 1 is 1.40 bits per heavy atom. The van der Waals surface area contributed by atoms with Gasteiger partial charge < -0.3 is 4.90 Å². The van der Waals surface area contributed by atoms with Crippen LogP contribution < -0.4 is 0 Å². The number of likely N-dealkylation sites (tertiary alicyclic amines) is 1. The van der Waals surface area contributed by atoms with Gasteiger partial charge in [0.15, 0.2) is 9.84 Å². The molecule has 0 bridgehead atoms. The Hall–Kier alpha value is -1.07.